The molecule has 112 valence electrons. The van der Waals surface area contributed by atoms with Gasteiger partial charge in [0, 0.05) is 12.4 Å². The van der Waals surface area contributed by atoms with E-state index in [9.17, 15) is 14.3 Å². The third-order valence-corrected chi connectivity index (χ3v) is 3.60. The van der Waals surface area contributed by atoms with E-state index < -0.39 is 11.8 Å². The number of fused-ring (bicyclic) bond motifs is 1. The van der Waals surface area contributed by atoms with Gasteiger partial charge in [0.15, 0.2) is 11.6 Å². The Balaban J connectivity index is 1.95. The molecule has 0 amide bonds. The van der Waals surface area contributed by atoms with Gasteiger partial charge in [-0.3, -0.25) is 0 Å². The van der Waals surface area contributed by atoms with E-state index in [-0.39, 0.29) is 17.9 Å². The average molecular weight is 299 g/mol. The number of carboxylic acids is 1. The van der Waals surface area contributed by atoms with E-state index in [0.717, 1.165) is 11.1 Å². The fourth-order valence-electron chi connectivity index (χ4n) is 2.50. The van der Waals surface area contributed by atoms with Gasteiger partial charge < -0.3 is 14.4 Å². The zero-order valence-electron chi connectivity index (χ0n) is 11.9. The number of ether oxygens (including phenoxy) is 1. The minimum atomic E-state index is -0.978. The van der Waals surface area contributed by atoms with Crippen molar-refractivity contribution in [2.45, 2.75) is 6.61 Å². The van der Waals surface area contributed by atoms with Gasteiger partial charge in [0.25, 0.3) is 0 Å². The van der Waals surface area contributed by atoms with E-state index in [1.807, 2.05) is 12.1 Å². The van der Waals surface area contributed by atoms with Gasteiger partial charge in [0.1, 0.15) is 6.61 Å². The number of para-hydroxylation sites is 2. The molecule has 0 aliphatic heterocycles. The van der Waals surface area contributed by atoms with E-state index in [4.69, 9.17) is 4.74 Å². The molecule has 0 saturated carbocycles. The molecule has 3 rings (SSSR count). The largest absolute Gasteiger partial charge is 0.484 e. The zero-order valence-corrected chi connectivity index (χ0v) is 11.9. The van der Waals surface area contributed by atoms with Crippen molar-refractivity contribution in [2.24, 2.45) is 7.05 Å². The second-order valence-electron chi connectivity index (χ2n) is 4.96. The molecule has 0 bridgehead atoms. The van der Waals surface area contributed by atoms with Crippen LogP contribution in [0.25, 0.3) is 10.9 Å². The third kappa shape index (κ3) is 2.41. The fraction of sp³-hybridized carbons (Fsp3) is 0.118. The summed E-state index contributed by atoms with van der Waals surface area (Å²) in [6, 6.07) is 13.1. The van der Waals surface area contributed by atoms with Crippen LogP contribution in [-0.4, -0.2) is 15.6 Å². The number of carbonyl (C=O) groups is 1. The summed E-state index contributed by atoms with van der Waals surface area (Å²) in [4.78, 5) is 11.3. The monoisotopic (exact) mass is 299 g/mol. The molecular weight excluding hydrogens is 285 g/mol. The Bertz CT molecular complexity index is 854. The van der Waals surface area contributed by atoms with Gasteiger partial charge in [0.05, 0.1) is 16.8 Å². The number of aromatic carboxylic acids is 1. The van der Waals surface area contributed by atoms with Gasteiger partial charge in [0.2, 0.25) is 0 Å². The number of aryl methyl sites for hydroxylation is 1. The first-order valence-electron chi connectivity index (χ1n) is 6.76. The van der Waals surface area contributed by atoms with Crippen LogP contribution in [0.3, 0.4) is 0 Å². The molecule has 4 nitrogen and oxygen atoms in total. The first-order valence-corrected chi connectivity index (χ1v) is 6.76. The van der Waals surface area contributed by atoms with Crippen LogP contribution in [0.4, 0.5) is 4.39 Å². The Kier molecular flexibility index (Phi) is 3.55. The Morgan fingerprint density at radius 3 is 2.73 bits per heavy atom. The van der Waals surface area contributed by atoms with Crippen LogP contribution in [0.2, 0.25) is 0 Å². The molecule has 5 heteroatoms. The lowest BCUT2D eigenvalue weighted by atomic mass is 10.1. The second-order valence-corrected chi connectivity index (χ2v) is 4.96. The number of hydrogen-bond donors (Lipinski definition) is 1. The van der Waals surface area contributed by atoms with Gasteiger partial charge in [-0.05, 0) is 24.3 Å². The number of halogens is 1. The van der Waals surface area contributed by atoms with Crippen LogP contribution in [-0.2, 0) is 13.7 Å². The van der Waals surface area contributed by atoms with Crippen molar-refractivity contribution in [2.75, 3.05) is 0 Å². The van der Waals surface area contributed by atoms with Crippen LogP contribution >= 0.6 is 0 Å². The van der Waals surface area contributed by atoms with E-state index in [1.54, 1.807) is 41.9 Å². The molecule has 1 aromatic heterocycles. The number of carboxylic acid groups (broad SMARTS) is 1. The molecule has 1 N–H and O–H groups in total. The summed E-state index contributed by atoms with van der Waals surface area (Å²) in [6.07, 6.45) is 0. The van der Waals surface area contributed by atoms with Crippen molar-refractivity contribution >= 4 is 16.9 Å². The zero-order chi connectivity index (χ0) is 15.7. The molecule has 0 unspecified atom stereocenters. The molecule has 3 aromatic rings. The van der Waals surface area contributed by atoms with Crippen molar-refractivity contribution in [1.82, 2.24) is 4.57 Å². The number of aromatic nitrogens is 1. The van der Waals surface area contributed by atoms with Crippen molar-refractivity contribution < 1.29 is 19.0 Å². The third-order valence-electron chi connectivity index (χ3n) is 3.60. The van der Waals surface area contributed by atoms with Crippen LogP contribution in [0, 0.1) is 5.82 Å². The van der Waals surface area contributed by atoms with Crippen LogP contribution in [0.15, 0.2) is 48.5 Å². The molecule has 0 saturated heterocycles. The average Bonchev–Trinajstić information content (AvgIpc) is 2.83. The molecule has 0 radical (unpaired) electrons. The van der Waals surface area contributed by atoms with E-state index in [0.29, 0.717) is 5.52 Å². The summed E-state index contributed by atoms with van der Waals surface area (Å²) in [5.41, 5.74) is 1.63. The van der Waals surface area contributed by atoms with Gasteiger partial charge in [-0.15, -0.1) is 0 Å². The molecule has 0 aliphatic rings. The van der Waals surface area contributed by atoms with E-state index >= 15 is 0 Å². The van der Waals surface area contributed by atoms with Crippen molar-refractivity contribution in [3.8, 4) is 5.75 Å². The number of hydrogen-bond acceptors (Lipinski definition) is 2. The number of nitrogens with zero attached hydrogens (tertiary/aromatic N) is 1. The van der Waals surface area contributed by atoms with Crippen LogP contribution < -0.4 is 4.74 Å². The highest BCUT2D eigenvalue weighted by Crippen LogP contribution is 2.24. The molecule has 1 heterocycles. The topological polar surface area (TPSA) is 51.5 Å². The number of rotatable bonds is 4. The summed E-state index contributed by atoms with van der Waals surface area (Å²) in [7, 11) is 1.77. The quantitative estimate of drug-likeness (QED) is 0.801. The maximum Gasteiger partial charge on any atom is 0.337 e. The van der Waals surface area contributed by atoms with Gasteiger partial charge in [-0.1, -0.05) is 24.3 Å². The summed E-state index contributed by atoms with van der Waals surface area (Å²) in [5, 5.41) is 10.1. The molecular formula is C17H14FNO3. The van der Waals surface area contributed by atoms with Gasteiger partial charge in [-0.2, -0.15) is 0 Å². The minimum Gasteiger partial charge on any atom is -0.484 e. The Morgan fingerprint density at radius 2 is 2.00 bits per heavy atom. The summed E-state index contributed by atoms with van der Waals surface area (Å²) >= 11 is 0. The predicted octanol–water partition coefficient (Wildman–Crippen LogP) is 3.59. The lowest BCUT2D eigenvalue weighted by molar-refractivity contribution is 0.0698. The minimum absolute atomic E-state index is 0.158. The fourth-order valence-corrected chi connectivity index (χ4v) is 2.50. The SMILES string of the molecule is Cn1c(COc2ccccc2F)cc2cccc(C(=O)O)c21. The van der Waals surface area contributed by atoms with Crippen molar-refractivity contribution in [3.05, 3.63) is 65.6 Å². The Hall–Kier alpha value is -2.82. The Labute approximate surface area is 126 Å². The molecule has 0 fully saturated rings. The first-order chi connectivity index (χ1) is 10.6. The van der Waals surface area contributed by atoms with E-state index in [2.05, 4.69) is 0 Å². The first kappa shape index (κ1) is 14.1. The lowest BCUT2D eigenvalue weighted by Crippen LogP contribution is -2.05. The number of benzene rings is 2. The molecule has 22 heavy (non-hydrogen) atoms. The summed E-state index contributed by atoms with van der Waals surface area (Å²) in [5.74, 6) is -1.23. The normalized spacial score (nSPS) is 10.8. The maximum atomic E-state index is 13.6. The second kappa shape index (κ2) is 5.52. The highest BCUT2D eigenvalue weighted by atomic mass is 19.1. The highest BCUT2D eigenvalue weighted by Gasteiger charge is 2.14. The molecule has 0 aliphatic carbocycles. The summed E-state index contributed by atoms with van der Waals surface area (Å²) < 4.78 is 20.8. The van der Waals surface area contributed by atoms with Gasteiger partial charge in [-0.25, -0.2) is 9.18 Å². The van der Waals surface area contributed by atoms with E-state index in [1.165, 1.54) is 6.07 Å². The van der Waals surface area contributed by atoms with Crippen molar-refractivity contribution in [1.29, 1.82) is 0 Å². The molecule has 2 aromatic carbocycles. The van der Waals surface area contributed by atoms with Crippen LogP contribution in [0.1, 0.15) is 16.1 Å². The Morgan fingerprint density at radius 1 is 1.23 bits per heavy atom. The molecule has 0 spiro atoms. The van der Waals surface area contributed by atoms with Crippen molar-refractivity contribution in [3.63, 3.8) is 0 Å². The van der Waals surface area contributed by atoms with Gasteiger partial charge >= 0.3 is 5.97 Å². The summed E-state index contributed by atoms with van der Waals surface area (Å²) in [6.45, 7) is 0.158. The predicted molar refractivity (Wildman–Crippen MR) is 80.6 cm³/mol. The lowest BCUT2D eigenvalue weighted by Gasteiger charge is -2.09. The maximum absolute atomic E-state index is 13.6. The molecule has 0 atom stereocenters. The van der Waals surface area contributed by atoms with Crippen LogP contribution in [0.5, 0.6) is 5.75 Å². The smallest absolute Gasteiger partial charge is 0.337 e. The standard InChI is InChI=1S/C17H14FNO3/c1-19-12(10-22-15-8-3-2-7-14(15)18)9-11-5-4-6-13(16(11)19)17(20)21/h2-9H,10H2,1H3,(H,20,21). The highest BCUT2D eigenvalue weighted by molar-refractivity contribution is 6.02.